The molecule has 5 nitrogen and oxygen atoms in total. The normalized spacial score (nSPS) is 13.9. The summed E-state index contributed by atoms with van der Waals surface area (Å²) in [5, 5.41) is 3.14. The van der Waals surface area contributed by atoms with Crippen LogP contribution in [0.5, 0.6) is 5.75 Å². The monoisotopic (exact) mass is 379 g/mol. The predicted molar refractivity (Wildman–Crippen MR) is 97.9 cm³/mol. The minimum absolute atomic E-state index is 0.429. The van der Waals surface area contributed by atoms with Gasteiger partial charge in [0, 0.05) is 9.90 Å². The Bertz CT molecular complexity index is 796. The summed E-state index contributed by atoms with van der Waals surface area (Å²) in [6.45, 7) is 1.53. The van der Waals surface area contributed by atoms with Gasteiger partial charge in [0.2, 0.25) is 0 Å². The molecule has 0 saturated carbocycles. The SMILES string of the molecule is COc1ccc(Cl)cc1NC(=O)[C@H](C)OC(=O)c1cc2c(s1)CCC2. The fourth-order valence-electron chi connectivity index (χ4n) is 2.71. The molecule has 25 heavy (non-hydrogen) atoms. The van der Waals surface area contributed by atoms with Gasteiger partial charge < -0.3 is 14.8 Å². The highest BCUT2D eigenvalue weighted by molar-refractivity contribution is 7.14. The summed E-state index contributed by atoms with van der Waals surface area (Å²) in [5.41, 5.74) is 1.65. The third-order valence-electron chi connectivity index (χ3n) is 4.02. The standard InChI is InChI=1S/C18H18ClNO4S/c1-10(17(21)20-13-9-12(19)6-7-14(13)23-2)24-18(22)16-8-11-4-3-5-15(11)25-16/h6-10H,3-5H2,1-2H3,(H,20,21)/t10-/m0/s1. The Morgan fingerprint density at radius 1 is 1.28 bits per heavy atom. The summed E-state index contributed by atoms with van der Waals surface area (Å²) in [7, 11) is 1.50. The fourth-order valence-corrected chi connectivity index (χ4v) is 4.02. The number of fused-ring (bicyclic) bond motifs is 1. The zero-order valence-corrected chi connectivity index (χ0v) is 15.5. The number of ether oxygens (including phenoxy) is 2. The molecule has 1 atom stereocenters. The molecule has 1 aliphatic rings. The maximum absolute atomic E-state index is 12.3. The van der Waals surface area contributed by atoms with Gasteiger partial charge in [0.25, 0.3) is 5.91 Å². The molecular weight excluding hydrogens is 362 g/mol. The van der Waals surface area contributed by atoms with Gasteiger partial charge in [-0.25, -0.2) is 4.79 Å². The van der Waals surface area contributed by atoms with E-state index in [2.05, 4.69) is 5.32 Å². The van der Waals surface area contributed by atoms with Crippen LogP contribution in [0.15, 0.2) is 24.3 Å². The van der Waals surface area contributed by atoms with Gasteiger partial charge in [0.05, 0.1) is 12.8 Å². The first-order valence-electron chi connectivity index (χ1n) is 7.95. The van der Waals surface area contributed by atoms with Crippen LogP contribution in [0.2, 0.25) is 5.02 Å². The minimum atomic E-state index is -0.937. The van der Waals surface area contributed by atoms with Gasteiger partial charge in [0.15, 0.2) is 6.10 Å². The number of anilines is 1. The molecule has 0 bridgehead atoms. The molecule has 1 heterocycles. The number of esters is 1. The van der Waals surface area contributed by atoms with Crippen LogP contribution < -0.4 is 10.1 Å². The van der Waals surface area contributed by atoms with Crippen LogP contribution in [-0.2, 0) is 22.4 Å². The Kier molecular flexibility index (Phi) is 5.30. The van der Waals surface area contributed by atoms with Gasteiger partial charge in [-0.2, -0.15) is 0 Å². The number of amides is 1. The summed E-state index contributed by atoms with van der Waals surface area (Å²) < 4.78 is 10.5. The highest BCUT2D eigenvalue weighted by Gasteiger charge is 2.24. The van der Waals surface area contributed by atoms with Crippen molar-refractivity contribution in [2.45, 2.75) is 32.3 Å². The number of halogens is 1. The zero-order chi connectivity index (χ0) is 18.0. The van der Waals surface area contributed by atoms with Crippen LogP contribution >= 0.6 is 22.9 Å². The summed E-state index contributed by atoms with van der Waals surface area (Å²) >= 11 is 7.40. The lowest BCUT2D eigenvalue weighted by atomic mass is 10.2. The largest absolute Gasteiger partial charge is 0.495 e. The van der Waals surface area contributed by atoms with E-state index in [9.17, 15) is 9.59 Å². The predicted octanol–water partition coefficient (Wildman–Crippen LogP) is 4.08. The van der Waals surface area contributed by atoms with E-state index in [-0.39, 0.29) is 0 Å². The molecule has 0 spiro atoms. The van der Waals surface area contributed by atoms with Crippen molar-refractivity contribution in [3.63, 3.8) is 0 Å². The first kappa shape index (κ1) is 17.8. The third kappa shape index (κ3) is 3.96. The number of benzene rings is 1. The number of hydrogen-bond acceptors (Lipinski definition) is 5. The van der Waals surface area contributed by atoms with Gasteiger partial charge in [-0.15, -0.1) is 11.3 Å². The highest BCUT2D eigenvalue weighted by atomic mass is 35.5. The maximum atomic E-state index is 12.3. The molecule has 132 valence electrons. The van der Waals surface area contributed by atoms with Crippen molar-refractivity contribution in [2.75, 3.05) is 12.4 Å². The van der Waals surface area contributed by atoms with Gasteiger partial charge in [-0.1, -0.05) is 11.6 Å². The second kappa shape index (κ2) is 7.45. The van der Waals surface area contributed by atoms with Crippen molar-refractivity contribution in [2.24, 2.45) is 0 Å². The molecule has 0 radical (unpaired) electrons. The Morgan fingerprint density at radius 2 is 2.08 bits per heavy atom. The van der Waals surface area contributed by atoms with Gasteiger partial charge in [0.1, 0.15) is 10.6 Å². The quantitative estimate of drug-likeness (QED) is 0.795. The molecule has 3 rings (SSSR count). The number of carbonyl (C=O) groups excluding carboxylic acids is 2. The van der Waals surface area contributed by atoms with E-state index in [1.165, 1.54) is 35.8 Å². The van der Waals surface area contributed by atoms with Gasteiger partial charge >= 0.3 is 5.97 Å². The highest BCUT2D eigenvalue weighted by Crippen LogP contribution is 2.31. The van der Waals surface area contributed by atoms with Crippen molar-refractivity contribution in [3.8, 4) is 5.75 Å². The van der Waals surface area contributed by atoms with Crippen molar-refractivity contribution in [1.29, 1.82) is 0 Å². The molecule has 1 aromatic heterocycles. The lowest BCUT2D eigenvalue weighted by Crippen LogP contribution is -2.30. The Morgan fingerprint density at radius 3 is 2.80 bits per heavy atom. The van der Waals surface area contributed by atoms with E-state index in [4.69, 9.17) is 21.1 Å². The summed E-state index contributed by atoms with van der Waals surface area (Å²) in [6, 6.07) is 6.77. The Labute approximate surface area is 154 Å². The lowest BCUT2D eigenvalue weighted by molar-refractivity contribution is -0.123. The molecule has 1 amide bonds. The maximum Gasteiger partial charge on any atom is 0.349 e. The van der Waals surface area contributed by atoms with Crippen molar-refractivity contribution >= 4 is 40.5 Å². The summed E-state index contributed by atoms with van der Waals surface area (Å²) in [6.07, 6.45) is 2.21. The van der Waals surface area contributed by atoms with E-state index < -0.39 is 18.0 Å². The molecule has 1 N–H and O–H groups in total. The molecule has 0 unspecified atom stereocenters. The second-order valence-electron chi connectivity index (χ2n) is 5.79. The van der Waals surface area contributed by atoms with Crippen LogP contribution in [0.1, 0.15) is 33.5 Å². The molecule has 1 aromatic carbocycles. The lowest BCUT2D eigenvalue weighted by Gasteiger charge is -2.15. The number of hydrogen-bond donors (Lipinski definition) is 1. The zero-order valence-electron chi connectivity index (χ0n) is 13.9. The van der Waals surface area contributed by atoms with E-state index in [1.807, 2.05) is 6.07 Å². The number of carbonyl (C=O) groups is 2. The number of nitrogens with one attached hydrogen (secondary N) is 1. The van der Waals surface area contributed by atoms with Crippen LogP contribution in [0.3, 0.4) is 0 Å². The third-order valence-corrected chi connectivity index (χ3v) is 5.47. The summed E-state index contributed by atoms with van der Waals surface area (Å²) in [5.74, 6) is -0.441. The second-order valence-corrected chi connectivity index (χ2v) is 7.37. The molecule has 0 fully saturated rings. The molecule has 1 aliphatic carbocycles. The van der Waals surface area contributed by atoms with Gasteiger partial charge in [-0.3, -0.25) is 4.79 Å². The average molecular weight is 380 g/mol. The van der Waals surface area contributed by atoms with E-state index in [0.717, 1.165) is 19.3 Å². The van der Waals surface area contributed by atoms with Crippen LogP contribution in [0.4, 0.5) is 5.69 Å². The molecule has 0 saturated heterocycles. The fraction of sp³-hybridized carbons (Fsp3) is 0.333. The molecule has 7 heteroatoms. The minimum Gasteiger partial charge on any atom is -0.495 e. The van der Waals surface area contributed by atoms with Crippen LogP contribution in [-0.4, -0.2) is 25.1 Å². The molecule has 0 aliphatic heterocycles. The molecule has 2 aromatic rings. The van der Waals surface area contributed by atoms with E-state index in [1.54, 1.807) is 18.2 Å². The average Bonchev–Trinajstić information content (AvgIpc) is 3.16. The van der Waals surface area contributed by atoms with Crippen molar-refractivity contribution in [3.05, 3.63) is 44.6 Å². The van der Waals surface area contributed by atoms with Crippen LogP contribution in [0, 0.1) is 0 Å². The first-order chi connectivity index (χ1) is 12.0. The topological polar surface area (TPSA) is 64.6 Å². The Hall–Kier alpha value is -2.05. The number of methoxy groups -OCH3 is 1. The summed E-state index contributed by atoms with van der Waals surface area (Å²) in [4.78, 5) is 26.4. The van der Waals surface area contributed by atoms with E-state index >= 15 is 0 Å². The first-order valence-corrected chi connectivity index (χ1v) is 9.14. The van der Waals surface area contributed by atoms with E-state index in [0.29, 0.717) is 21.3 Å². The Balaban J connectivity index is 1.64. The number of rotatable bonds is 5. The smallest absolute Gasteiger partial charge is 0.349 e. The van der Waals surface area contributed by atoms with Crippen LogP contribution in [0.25, 0.3) is 0 Å². The molecular formula is C18H18ClNO4S. The van der Waals surface area contributed by atoms with Crippen molar-refractivity contribution in [1.82, 2.24) is 0 Å². The van der Waals surface area contributed by atoms with Crippen molar-refractivity contribution < 1.29 is 19.1 Å². The number of aryl methyl sites for hydroxylation is 2. The van der Waals surface area contributed by atoms with Gasteiger partial charge in [-0.05, 0) is 56.0 Å². The number of thiophene rings is 1.